The zero-order chi connectivity index (χ0) is 20.1. The molecule has 0 aliphatic carbocycles. The Hall–Kier alpha value is -2.67. The second kappa shape index (κ2) is 9.22. The van der Waals surface area contributed by atoms with Crippen molar-refractivity contribution in [3.63, 3.8) is 0 Å². The summed E-state index contributed by atoms with van der Waals surface area (Å²) >= 11 is 1.36. The molecule has 1 aromatic heterocycles. The van der Waals surface area contributed by atoms with E-state index in [2.05, 4.69) is 22.4 Å². The predicted octanol–water partition coefficient (Wildman–Crippen LogP) is 4.62. The number of carbonyl (C=O) groups is 1. The van der Waals surface area contributed by atoms with Crippen molar-refractivity contribution in [1.82, 2.24) is 15.2 Å². The average Bonchev–Trinajstić information content (AvgIpc) is 3.13. The van der Waals surface area contributed by atoms with Crippen LogP contribution in [0.15, 0.2) is 48.5 Å². The number of aryl methyl sites for hydroxylation is 1. The topological polar surface area (TPSA) is 54.5 Å². The van der Waals surface area contributed by atoms with Crippen LogP contribution in [0.5, 0.6) is 5.19 Å². The summed E-state index contributed by atoms with van der Waals surface area (Å²) in [5.41, 5.74) is 2.04. The van der Waals surface area contributed by atoms with E-state index in [1.165, 1.54) is 29.0 Å². The summed E-state index contributed by atoms with van der Waals surface area (Å²) in [6.07, 6.45) is 3.45. The van der Waals surface area contributed by atoms with E-state index in [-0.39, 0.29) is 18.0 Å². The summed E-state index contributed by atoms with van der Waals surface area (Å²) in [6.45, 7) is 2.00. The van der Waals surface area contributed by atoms with E-state index in [0.29, 0.717) is 24.8 Å². The third kappa shape index (κ3) is 5.23. The Morgan fingerprint density at radius 2 is 2.00 bits per heavy atom. The number of hydrogen-bond donors (Lipinski definition) is 1. The number of thiazole rings is 1. The predicted molar refractivity (Wildman–Crippen MR) is 113 cm³/mol. The van der Waals surface area contributed by atoms with Crippen LogP contribution >= 0.6 is 11.3 Å². The Bertz CT molecular complexity index is 955. The van der Waals surface area contributed by atoms with Crippen LogP contribution in [0.3, 0.4) is 0 Å². The summed E-state index contributed by atoms with van der Waals surface area (Å²) in [7, 11) is 0. The van der Waals surface area contributed by atoms with Crippen molar-refractivity contribution in [1.29, 1.82) is 0 Å². The summed E-state index contributed by atoms with van der Waals surface area (Å²) in [4.78, 5) is 18.6. The van der Waals surface area contributed by atoms with Gasteiger partial charge in [-0.25, -0.2) is 14.2 Å². The van der Waals surface area contributed by atoms with Crippen molar-refractivity contribution in [2.24, 2.45) is 0 Å². The first-order chi connectivity index (χ1) is 14.2. The Kier molecular flexibility index (Phi) is 6.24. The van der Waals surface area contributed by atoms with E-state index >= 15 is 0 Å². The van der Waals surface area contributed by atoms with E-state index in [1.54, 1.807) is 6.07 Å². The molecule has 0 saturated carbocycles. The maximum atomic E-state index is 13.3. The molecule has 0 radical (unpaired) electrons. The number of piperidine rings is 1. The number of aromatic nitrogens is 1. The van der Waals surface area contributed by atoms with Crippen molar-refractivity contribution in [3.8, 4) is 5.19 Å². The number of fused-ring (bicyclic) bond motifs is 1. The van der Waals surface area contributed by atoms with Crippen molar-refractivity contribution < 1.29 is 13.9 Å². The van der Waals surface area contributed by atoms with Gasteiger partial charge in [0.1, 0.15) is 11.9 Å². The number of amides is 2. The normalized spacial score (nSPS) is 14.9. The number of benzene rings is 2. The number of halogens is 1. The first-order valence-electron chi connectivity index (χ1n) is 9.97. The standard InChI is InChI=1S/C22H24FN3O2S/c23-17-8-9-19-20(15-17)29-22(25-19)28-18-10-13-26(14-11-18)21(27)24-12-4-7-16-5-2-1-3-6-16/h1-3,5-6,8-9,15,18H,4,7,10-14H2,(H,24,27). The lowest BCUT2D eigenvalue weighted by Crippen LogP contribution is -2.46. The molecule has 3 aromatic rings. The third-order valence-corrected chi connectivity index (χ3v) is 6.00. The molecule has 1 saturated heterocycles. The molecule has 0 atom stereocenters. The van der Waals surface area contributed by atoms with E-state index in [0.717, 1.165) is 35.9 Å². The fourth-order valence-electron chi connectivity index (χ4n) is 3.49. The van der Waals surface area contributed by atoms with Gasteiger partial charge in [0.15, 0.2) is 0 Å². The highest BCUT2D eigenvalue weighted by Crippen LogP contribution is 2.30. The summed E-state index contributed by atoms with van der Waals surface area (Å²) in [5.74, 6) is -0.268. The molecule has 0 spiro atoms. The second-order valence-electron chi connectivity index (χ2n) is 7.22. The van der Waals surface area contributed by atoms with Crippen LogP contribution < -0.4 is 10.1 Å². The molecule has 4 rings (SSSR count). The fourth-order valence-corrected chi connectivity index (χ4v) is 4.40. The monoisotopic (exact) mass is 413 g/mol. The Balaban J connectivity index is 1.19. The minimum absolute atomic E-state index is 0.00743. The number of rotatable bonds is 6. The molecule has 7 heteroatoms. The highest BCUT2D eigenvalue weighted by molar-refractivity contribution is 7.20. The zero-order valence-corrected chi connectivity index (χ0v) is 17.0. The van der Waals surface area contributed by atoms with Crippen LogP contribution in [0.2, 0.25) is 0 Å². The third-order valence-electron chi connectivity index (χ3n) is 5.09. The molecule has 0 bridgehead atoms. The van der Waals surface area contributed by atoms with Gasteiger partial charge in [0.25, 0.3) is 5.19 Å². The van der Waals surface area contributed by atoms with Crippen molar-refractivity contribution in [2.75, 3.05) is 19.6 Å². The molecule has 29 heavy (non-hydrogen) atoms. The van der Waals surface area contributed by atoms with Gasteiger partial charge < -0.3 is 15.0 Å². The zero-order valence-electron chi connectivity index (χ0n) is 16.1. The lowest BCUT2D eigenvalue weighted by Gasteiger charge is -2.31. The van der Waals surface area contributed by atoms with Gasteiger partial charge in [-0.3, -0.25) is 0 Å². The lowest BCUT2D eigenvalue weighted by atomic mass is 10.1. The van der Waals surface area contributed by atoms with E-state index in [4.69, 9.17) is 4.74 Å². The summed E-state index contributed by atoms with van der Waals surface area (Å²) < 4.78 is 20.1. The minimum atomic E-state index is -0.268. The molecule has 1 N–H and O–H groups in total. The minimum Gasteiger partial charge on any atom is -0.467 e. The van der Waals surface area contributed by atoms with Gasteiger partial charge in [0.2, 0.25) is 0 Å². The number of nitrogens with zero attached hydrogens (tertiary/aromatic N) is 2. The number of ether oxygens (including phenoxy) is 1. The van der Waals surface area contributed by atoms with Gasteiger partial charge in [0.05, 0.1) is 10.2 Å². The number of nitrogens with one attached hydrogen (secondary N) is 1. The molecule has 2 amide bonds. The van der Waals surface area contributed by atoms with E-state index in [1.807, 2.05) is 23.1 Å². The molecule has 0 unspecified atom stereocenters. The molecular formula is C22H24FN3O2S. The quantitative estimate of drug-likeness (QED) is 0.600. The largest absolute Gasteiger partial charge is 0.467 e. The van der Waals surface area contributed by atoms with Crippen LogP contribution in [0.4, 0.5) is 9.18 Å². The van der Waals surface area contributed by atoms with Crippen molar-refractivity contribution >= 4 is 27.6 Å². The van der Waals surface area contributed by atoms with Gasteiger partial charge in [0, 0.05) is 32.5 Å². The van der Waals surface area contributed by atoms with Crippen LogP contribution in [0.1, 0.15) is 24.8 Å². The first kappa shape index (κ1) is 19.6. The first-order valence-corrected chi connectivity index (χ1v) is 10.8. The maximum absolute atomic E-state index is 13.3. The number of likely N-dealkylation sites (tertiary alicyclic amines) is 1. The molecule has 2 heterocycles. The van der Waals surface area contributed by atoms with Crippen LogP contribution in [0, 0.1) is 5.82 Å². The second-order valence-corrected chi connectivity index (χ2v) is 8.21. The number of hydrogen-bond acceptors (Lipinski definition) is 4. The molecule has 5 nitrogen and oxygen atoms in total. The van der Waals surface area contributed by atoms with Gasteiger partial charge >= 0.3 is 6.03 Å². The fraction of sp³-hybridized carbons (Fsp3) is 0.364. The Morgan fingerprint density at radius 3 is 2.79 bits per heavy atom. The summed E-state index contributed by atoms with van der Waals surface area (Å²) in [5, 5.41) is 3.57. The highest BCUT2D eigenvalue weighted by atomic mass is 32.1. The number of carbonyl (C=O) groups excluding carboxylic acids is 1. The van der Waals surface area contributed by atoms with Crippen LogP contribution in [-0.4, -0.2) is 41.7 Å². The lowest BCUT2D eigenvalue weighted by molar-refractivity contribution is 0.111. The van der Waals surface area contributed by atoms with Gasteiger partial charge in [-0.2, -0.15) is 0 Å². The van der Waals surface area contributed by atoms with E-state index in [9.17, 15) is 9.18 Å². The van der Waals surface area contributed by atoms with Crippen LogP contribution in [0.25, 0.3) is 10.2 Å². The van der Waals surface area contributed by atoms with Gasteiger partial charge in [-0.05, 0) is 36.6 Å². The SMILES string of the molecule is O=C(NCCCc1ccccc1)N1CCC(Oc2nc3ccc(F)cc3s2)CC1. The van der Waals surface area contributed by atoms with Crippen LogP contribution in [-0.2, 0) is 6.42 Å². The van der Waals surface area contributed by atoms with Crippen molar-refractivity contribution in [3.05, 3.63) is 59.9 Å². The Morgan fingerprint density at radius 1 is 1.21 bits per heavy atom. The molecule has 1 fully saturated rings. The molecule has 152 valence electrons. The molecular weight excluding hydrogens is 389 g/mol. The molecule has 2 aromatic carbocycles. The van der Waals surface area contributed by atoms with Crippen molar-refractivity contribution in [2.45, 2.75) is 31.8 Å². The Labute approximate surface area is 173 Å². The summed E-state index contributed by atoms with van der Waals surface area (Å²) in [6, 6.07) is 14.8. The average molecular weight is 414 g/mol. The smallest absolute Gasteiger partial charge is 0.317 e. The van der Waals surface area contributed by atoms with Gasteiger partial charge in [-0.1, -0.05) is 41.7 Å². The van der Waals surface area contributed by atoms with Gasteiger partial charge in [-0.15, -0.1) is 0 Å². The molecule has 1 aliphatic heterocycles. The molecule has 1 aliphatic rings. The maximum Gasteiger partial charge on any atom is 0.317 e. The highest BCUT2D eigenvalue weighted by Gasteiger charge is 2.24. The number of urea groups is 1. The van der Waals surface area contributed by atoms with E-state index < -0.39 is 0 Å².